The number of H-pyrrole nitrogens is 1. The van der Waals surface area contributed by atoms with Gasteiger partial charge in [-0.25, -0.2) is 9.97 Å². The lowest BCUT2D eigenvalue weighted by Gasteiger charge is -2.02. The SMILES string of the molecule is Nc1nc(-c2ccccc2)c2nc[nH]c2n1. The van der Waals surface area contributed by atoms with Gasteiger partial charge < -0.3 is 10.7 Å². The molecule has 0 radical (unpaired) electrons. The molecule has 0 saturated carbocycles. The van der Waals surface area contributed by atoms with Crippen LogP contribution in [-0.2, 0) is 0 Å². The maximum atomic E-state index is 5.65. The van der Waals surface area contributed by atoms with E-state index in [9.17, 15) is 0 Å². The average molecular weight is 211 g/mol. The predicted octanol–water partition coefficient (Wildman–Crippen LogP) is 1.60. The van der Waals surface area contributed by atoms with Crippen LogP contribution in [0.25, 0.3) is 22.4 Å². The fourth-order valence-corrected chi connectivity index (χ4v) is 1.65. The monoisotopic (exact) mass is 211 g/mol. The summed E-state index contributed by atoms with van der Waals surface area (Å²) >= 11 is 0. The number of aromatic nitrogens is 4. The summed E-state index contributed by atoms with van der Waals surface area (Å²) in [6, 6.07) is 9.79. The summed E-state index contributed by atoms with van der Waals surface area (Å²) in [5.74, 6) is 0.246. The number of benzene rings is 1. The Labute approximate surface area is 91.4 Å². The summed E-state index contributed by atoms with van der Waals surface area (Å²) in [5.41, 5.74) is 8.78. The highest BCUT2D eigenvalue weighted by atomic mass is 15.1. The third-order valence-corrected chi connectivity index (χ3v) is 2.34. The van der Waals surface area contributed by atoms with Gasteiger partial charge in [0.2, 0.25) is 5.95 Å². The molecule has 3 rings (SSSR count). The molecule has 3 aromatic rings. The van der Waals surface area contributed by atoms with Crippen LogP contribution in [0.5, 0.6) is 0 Å². The topological polar surface area (TPSA) is 80.5 Å². The fourth-order valence-electron chi connectivity index (χ4n) is 1.65. The molecule has 2 heterocycles. The predicted molar refractivity (Wildman–Crippen MR) is 61.5 cm³/mol. The van der Waals surface area contributed by atoms with Gasteiger partial charge in [-0.3, -0.25) is 0 Å². The van der Waals surface area contributed by atoms with E-state index in [4.69, 9.17) is 5.73 Å². The highest BCUT2D eigenvalue weighted by molar-refractivity contribution is 5.87. The van der Waals surface area contributed by atoms with Gasteiger partial charge in [0.05, 0.1) is 6.33 Å². The van der Waals surface area contributed by atoms with Crippen molar-refractivity contribution in [2.75, 3.05) is 5.73 Å². The highest BCUT2D eigenvalue weighted by Gasteiger charge is 2.09. The van der Waals surface area contributed by atoms with Crippen LogP contribution in [-0.4, -0.2) is 19.9 Å². The molecule has 3 N–H and O–H groups in total. The number of hydrogen-bond acceptors (Lipinski definition) is 4. The van der Waals surface area contributed by atoms with Gasteiger partial charge in [-0.05, 0) is 0 Å². The molecule has 0 saturated heterocycles. The van der Waals surface area contributed by atoms with Gasteiger partial charge in [-0.2, -0.15) is 4.98 Å². The number of hydrogen-bond donors (Lipinski definition) is 2. The van der Waals surface area contributed by atoms with E-state index in [-0.39, 0.29) is 5.95 Å². The Hall–Kier alpha value is -2.43. The lowest BCUT2D eigenvalue weighted by Crippen LogP contribution is -1.97. The van der Waals surface area contributed by atoms with Gasteiger partial charge >= 0.3 is 0 Å². The minimum atomic E-state index is 0.246. The molecule has 2 aromatic heterocycles. The van der Waals surface area contributed by atoms with Gasteiger partial charge in [0.15, 0.2) is 5.65 Å². The number of nitrogens with two attached hydrogens (primary N) is 1. The molecule has 0 aliphatic heterocycles. The standard InChI is InChI=1S/C11H9N5/c12-11-15-8(7-4-2-1-3-5-7)9-10(16-11)14-6-13-9/h1-6H,(H3,12,13,14,15,16). The number of anilines is 1. The van der Waals surface area contributed by atoms with Crippen molar-refractivity contribution in [3.63, 3.8) is 0 Å². The lowest BCUT2D eigenvalue weighted by molar-refractivity contribution is 1.22. The Morgan fingerprint density at radius 1 is 1.06 bits per heavy atom. The lowest BCUT2D eigenvalue weighted by atomic mass is 10.1. The van der Waals surface area contributed by atoms with E-state index in [2.05, 4.69) is 19.9 Å². The zero-order valence-corrected chi connectivity index (χ0v) is 8.38. The van der Waals surface area contributed by atoms with Crippen LogP contribution in [0, 0.1) is 0 Å². The number of rotatable bonds is 1. The van der Waals surface area contributed by atoms with Crippen molar-refractivity contribution in [1.82, 2.24) is 19.9 Å². The van der Waals surface area contributed by atoms with Gasteiger partial charge in [0.25, 0.3) is 0 Å². The first-order chi connectivity index (χ1) is 7.84. The Balaban J connectivity index is 2.34. The van der Waals surface area contributed by atoms with E-state index in [1.807, 2.05) is 30.3 Å². The maximum absolute atomic E-state index is 5.65. The molecule has 0 unspecified atom stereocenters. The Bertz CT molecular complexity index is 629. The van der Waals surface area contributed by atoms with E-state index in [0.29, 0.717) is 5.65 Å². The van der Waals surface area contributed by atoms with E-state index in [0.717, 1.165) is 16.8 Å². The van der Waals surface area contributed by atoms with Gasteiger partial charge in [0, 0.05) is 5.56 Å². The number of imidazole rings is 1. The molecule has 78 valence electrons. The van der Waals surface area contributed by atoms with Crippen LogP contribution in [0.3, 0.4) is 0 Å². The summed E-state index contributed by atoms with van der Waals surface area (Å²) < 4.78 is 0. The Morgan fingerprint density at radius 3 is 2.69 bits per heavy atom. The van der Waals surface area contributed by atoms with Crippen molar-refractivity contribution in [3.05, 3.63) is 36.7 Å². The molecular formula is C11H9N5. The van der Waals surface area contributed by atoms with Crippen molar-refractivity contribution < 1.29 is 0 Å². The quantitative estimate of drug-likeness (QED) is 0.640. The van der Waals surface area contributed by atoms with Crippen molar-refractivity contribution in [1.29, 1.82) is 0 Å². The third-order valence-electron chi connectivity index (χ3n) is 2.34. The van der Waals surface area contributed by atoms with Crippen molar-refractivity contribution in [2.24, 2.45) is 0 Å². The molecule has 0 aliphatic carbocycles. The average Bonchev–Trinajstić information content (AvgIpc) is 2.77. The molecule has 0 fully saturated rings. The molecular weight excluding hydrogens is 202 g/mol. The second kappa shape index (κ2) is 3.30. The summed E-state index contributed by atoms with van der Waals surface area (Å²) in [5, 5.41) is 0. The van der Waals surface area contributed by atoms with Gasteiger partial charge in [0.1, 0.15) is 11.2 Å². The highest BCUT2D eigenvalue weighted by Crippen LogP contribution is 2.23. The maximum Gasteiger partial charge on any atom is 0.222 e. The molecule has 0 bridgehead atoms. The van der Waals surface area contributed by atoms with E-state index >= 15 is 0 Å². The molecule has 0 amide bonds. The first-order valence-corrected chi connectivity index (χ1v) is 4.86. The minimum absolute atomic E-state index is 0.246. The molecule has 0 aliphatic rings. The summed E-state index contributed by atoms with van der Waals surface area (Å²) in [7, 11) is 0. The van der Waals surface area contributed by atoms with Crippen molar-refractivity contribution in [3.8, 4) is 11.3 Å². The molecule has 0 spiro atoms. The van der Waals surface area contributed by atoms with Gasteiger partial charge in [-0.15, -0.1) is 0 Å². The molecule has 1 aromatic carbocycles. The van der Waals surface area contributed by atoms with Crippen LogP contribution in [0.4, 0.5) is 5.95 Å². The summed E-state index contributed by atoms with van der Waals surface area (Å²) in [6.07, 6.45) is 1.59. The first kappa shape index (κ1) is 8.84. The van der Waals surface area contributed by atoms with Crippen LogP contribution in [0.2, 0.25) is 0 Å². The first-order valence-electron chi connectivity index (χ1n) is 4.86. The number of nitrogens with zero attached hydrogens (tertiary/aromatic N) is 3. The van der Waals surface area contributed by atoms with Crippen LogP contribution >= 0.6 is 0 Å². The fraction of sp³-hybridized carbons (Fsp3) is 0. The van der Waals surface area contributed by atoms with Crippen molar-refractivity contribution >= 4 is 17.1 Å². The number of nitrogens with one attached hydrogen (secondary N) is 1. The number of fused-ring (bicyclic) bond motifs is 1. The third kappa shape index (κ3) is 1.30. The molecule has 5 nitrogen and oxygen atoms in total. The zero-order chi connectivity index (χ0) is 11.0. The Morgan fingerprint density at radius 2 is 1.88 bits per heavy atom. The summed E-state index contributed by atoms with van der Waals surface area (Å²) in [4.78, 5) is 15.4. The second-order valence-corrected chi connectivity index (χ2v) is 3.40. The van der Waals surface area contributed by atoms with E-state index < -0.39 is 0 Å². The van der Waals surface area contributed by atoms with Crippen LogP contribution in [0.15, 0.2) is 36.7 Å². The minimum Gasteiger partial charge on any atom is -0.368 e. The van der Waals surface area contributed by atoms with Gasteiger partial charge in [-0.1, -0.05) is 30.3 Å². The molecule has 0 atom stereocenters. The van der Waals surface area contributed by atoms with E-state index in [1.165, 1.54) is 0 Å². The molecule has 5 heteroatoms. The smallest absolute Gasteiger partial charge is 0.222 e. The van der Waals surface area contributed by atoms with E-state index in [1.54, 1.807) is 6.33 Å². The largest absolute Gasteiger partial charge is 0.368 e. The van der Waals surface area contributed by atoms with Crippen molar-refractivity contribution in [2.45, 2.75) is 0 Å². The zero-order valence-electron chi connectivity index (χ0n) is 8.38. The number of nitrogen functional groups attached to an aromatic ring is 1. The second-order valence-electron chi connectivity index (χ2n) is 3.40. The normalized spacial score (nSPS) is 10.8. The Kier molecular flexibility index (Phi) is 1.83. The number of aromatic amines is 1. The summed E-state index contributed by atoms with van der Waals surface area (Å²) in [6.45, 7) is 0. The van der Waals surface area contributed by atoms with Crippen LogP contribution in [0.1, 0.15) is 0 Å². The van der Waals surface area contributed by atoms with Crippen LogP contribution < -0.4 is 5.73 Å². The molecule has 16 heavy (non-hydrogen) atoms.